The number of piperidine rings is 1. The highest BCUT2D eigenvalue weighted by Crippen LogP contribution is 2.38. The molecule has 0 saturated carbocycles. The van der Waals surface area contributed by atoms with E-state index in [4.69, 9.17) is 10.7 Å². The average molecular weight is 571 g/mol. The van der Waals surface area contributed by atoms with Crippen LogP contribution in [0, 0.1) is 0 Å². The van der Waals surface area contributed by atoms with Crippen molar-refractivity contribution >= 4 is 17.6 Å². The molecule has 1 aromatic heterocycles. The fraction of sp³-hybridized carbons (Fsp3) is 0.424. The van der Waals surface area contributed by atoms with Crippen molar-refractivity contribution in [2.75, 3.05) is 13.1 Å². The van der Waals surface area contributed by atoms with Crippen molar-refractivity contribution in [2.24, 2.45) is 10.7 Å². The number of aromatic nitrogens is 2. The first-order chi connectivity index (χ1) is 19.9. The fourth-order valence-electron chi connectivity index (χ4n) is 5.89. The number of hydrogen-bond acceptors (Lipinski definition) is 6. The molecule has 2 aromatic carbocycles. The number of nitrogens with zero attached hydrogens (tertiary/aromatic N) is 4. The van der Waals surface area contributed by atoms with Crippen LogP contribution in [-0.4, -0.2) is 60.6 Å². The number of phenols is 2. The first kappa shape index (κ1) is 29.4. The van der Waals surface area contributed by atoms with Crippen LogP contribution in [0.2, 0.25) is 0 Å². The Labute approximate surface area is 247 Å². The molecule has 5 rings (SSSR count). The maximum absolute atomic E-state index is 13.5. The molecule has 0 bridgehead atoms. The second kappa shape index (κ2) is 11.3. The average Bonchev–Trinajstić information content (AvgIpc) is 3.55. The second-order valence-electron chi connectivity index (χ2n) is 12.5. The minimum Gasteiger partial charge on any atom is -0.508 e. The number of H-pyrrole nitrogens is 1. The van der Waals surface area contributed by atoms with Gasteiger partial charge in [0.1, 0.15) is 17.3 Å². The number of benzene rings is 2. The van der Waals surface area contributed by atoms with E-state index in [0.29, 0.717) is 24.5 Å². The molecule has 9 nitrogen and oxygen atoms in total. The van der Waals surface area contributed by atoms with Gasteiger partial charge in [-0.25, -0.2) is 4.99 Å². The van der Waals surface area contributed by atoms with Crippen LogP contribution in [0.1, 0.15) is 91.9 Å². The Morgan fingerprint density at radius 2 is 1.74 bits per heavy atom. The molecule has 3 heterocycles. The fourth-order valence-corrected chi connectivity index (χ4v) is 5.89. The number of fused-ring (bicyclic) bond motifs is 1. The summed E-state index contributed by atoms with van der Waals surface area (Å²) in [5.41, 5.74) is 12.0. The third-order valence-electron chi connectivity index (χ3n) is 8.50. The molecule has 1 saturated heterocycles. The summed E-state index contributed by atoms with van der Waals surface area (Å²) in [6.07, 6.45) is 3.57. The van der Waals surface area contributed by atoms with Gasteiger partial charge in [0.05, 0.1) is 11.3 Å². The highest BCUT2D eigenvalue weighted by Gasteiger charge is 2.29. The molecule has 0 spiro atoms. The van der Waals surface area contributed by atoms with Crippen molar-refractivity contribution in [3.8, 4) is 22.8 Å². The molecule has 42 heavy (non-hydrogen) atoms. The van der Waals surface area contributed by atoms with Gasteiger partial charge in [0.25, 0.3) is 5.91 Å². The van der Waals surface area contributed by atoms with Crippen molar-refractivity contribution in [1.82, 2.24) is 20.0 Å². The van der Waals surface area contributed by atoms with Crippen molar-refractivity contribution in [3.63, 3.8) is 0 Å². The standard InChI is InChI=1S/C33H42N6O3/c1-7-28(38-12-10-33(6,34)11-13-38)35-31-29(20(4)5)30(36-37-31)21-8-9-22-17-39(18-23(22)14-21)32(42)25-15-24(19(2)3)26(40)16-27(25)41/h7-9,14-16,19-20,40-41H,1,10-13,17-18,34H2,2-6H3,(H,36,37). The van der Waals surface area contributed by atoms with Gasteiger partial charge in [-0.1, -0.05) is 46.4 Å². The topological polar surface area (TPSA) is 131 Å². The van der Waals surface area contributed by atoms with Gasteiger partial charge in [-0.15, -0.1) is 0 Å². The normalized spacial score (nSPS) is 16.8. The summed E-state index contributed by atoms with van der Waals surface area (Å²) < 4.78 is 0. The van der Waals surface area contributed by atoms with Crippen LogP contribution in [0.3, 0.4) is 0 Å². The van der Waals surface area contributed by atoms with E-state index in [2.05, 4.69) is 60.6 Å². The van der Waals surface area contributed by atoms with Crippen molar-refractivity contribution in [2.45, 2.75) is 77.9 Å². The van der Waals surface area contributed by atoms with Gasteiger partial charge >= 0.3 is 0 Å². The number of nitrogens with one attached hydrogen (secondary N) is 1. The third-order valence-corrected chi connectivity index (χ3v) is 8.50. The molecule has 0 atom stereocenters. The molecule has 0 unspecified atom stereocenters. The molecule has 5 N–H and O–H groups in total. The van der Waals surface area contributed by atoms with E-state index in [0.717, 1.165) is 59.7 Å². The van der Waals surface area contributed by atoms with E-state index >= 15 is 0 Å². The van der Waals surface area contributed by atoms with Gasteiger partial charge in [-0.05, 0) is 66.5 Å². The van der Waals surface area contributed by atoms with Crippen LogP contribution >= 0.6 is 0 Å². The van der Waals surface area contributed by atoms with Gasteiger partial charge in [-0.2, -0.15) is 5.10 Å². The number of aromatic hydroxyl groups is 2. The van der Waals surface area contributed by atoms with E-state index in [9.17, 15) is 15.0 Å². The minimum absolute atomic E-state index is 0.00712. The number of carbonyl (C=O) groups is 1. The minimum atomic E-state index is -0.266. The highest BCUT2D eigenvalue weighted by atomic mass is 16.3. The van der Waals surface area contributed by atoms with E-state index in [1.165, 1.54) is 6.07 Å². The molecule has 1 fully saturated rings. The van der Waals surface area contributed by atoms with Crippen LogP contribution in [0.25, 0.3) is 11.3 Å². The summed E-state index contributed by atoms with van der Waals surface area (Å²) in [6, 6.07) is 9.06. The number of phenolic OH excluding ortho intramolecular Hbond substituents is 2. The van der Waals surface area contributed by atoms with Gasteiger partial charge in [0.15, 0.2) is 5.82 Å². The predicted molar refractivity (Wildman–Crippen MR) is 166 cm³/mol. The van der Waals surface area contributed by atoms with E-state index in [-0.39, 0.29) is 40.3 Å². The maximum Gasteiger partial charge on any atom is 0.258 e. The number of carbonyl (C=O) groups excluding carboxylic acids is 1. The molecule has 9 heteroatoms. The Kier molecular flexibility index (Phi) is 7.90. The smallest absolute Gasteiger partial charge is 0.258 e. The van der Waals surface area contributed by atoms with Crippen molar-refractivity contribution in [1.29, 1.82) is 0 Å². The Hall–Kier alpha value is -4.11. The maximum atomic E-state index is 13.5. The molecule has 3 aromatic rings. The van der Waals surface area contributed by atoms with Crippen LogP contribution in [-0.2, 0) is 13.1 Å². The summed E-state index contributed by atoms with van der Waals surface area (Å²) in [6.45, 7) is 16.8. The molecule has 1 amide bonds. The highest BCUT2D eigenvalue weighted by molar-refractivity contribution is 5.98. The summed E-state index contributed by atoms with van der Waals surface area (Å²) in [7, 11) is 0. The molecule has 0 radical (unpaired) electrons. The van der Waals surface area contributed by atoms with E-state index in [1.807, 2.05) is 13.8 Å². The van der Waals surface area contributed by atoms with Crippen LogP contribution < -0.4 is 5.73 Å². The number of hydrogen-bond donors (Lipinski definition) is 4. The summed E-state index contributed by atoms with van der Waals surface area (Å²) >= 11 is 0. The van der Waals surface area contributed by atoms with Crippen LogP contribution in [0.4, 0.5) is 5.82 Å². The Morgan fingerprint density at radius 1 is 1.05 bits per heavy atom. The van der Waals surface area contributed by atoms with Gasteiger partial charge < -0.3 is 25.7 Å². The lowest BCUT2D eigenvalue weighted by Gasteiger charge is -2.37. The zero-order valence-electron chi connectivity index (χ0n) is 25.2. The van der Waals surface area contributed by atoms with Gasteiger partial charge in [0, 0.05) is 48.9 Å². The third kappa shape index (κ3) is 5.66. The summed E-state index contributed by atoms with van der Waals surface area (Å²) in [5, 5.41) is 28.5. The zero-order chi connectivity index (χ0) is 30.3. The molecular weight excluding hydrogens is 528 g/mol. The first-order valence-electron chi connectivity index (χ1n) is 14.7. The van der Waals surface area contributed by atoms with Crippen molar-refractivity contribution < 1.29 is 15.0 Å². The number of aliphatic imine (C=N–C) groups is 1. The van der Waals surface area contributed by atoms with Crippen LogP contribution in [0.15, 0.2) is 48.0 Å². The number of rotatable bonds is 6. The predicted octanol–water partition coefficient (Wildman–Crippen LogP) is 5.92. The Morgan fingerprint density at radius 3 is 2.38 bits per heavy atom. The lowest BCUT2D eigenvalue weighted by atomic mass is 9.91. The van der Waals surface area contributed by atoms with Crippen LogP contribution in [0.5, 0.6) is 11.5 Å². The quantitative estimate of drug-likeness (QED) is 0.215. The number of likely N-dealkylation sites (tertiary alicyclic amines) is 1. The molecular formula is C33H42N6O3. The Balaban J connectivity index is 1.41. The number of amides is 1. The lowest BCUT2D eigenvalue weighted by Crippen LogP contribution is -2.49. The summed E-state index contributed by atoms with van der Waals surface area (Å²) in [4.78, 5) is 22.3. The van der Waals surface area contributed by atoms with Crippen molar-refractivity contribution in [3.05, 3.63) is 70.8 Å². The molecule has 0 aliphatic carbocycles. The second-order valence-corrected chi connectivity index (χ2v) is 12.5. The molecule has 222 valence electrons. The SMILES string of the molecule is C=CC(=Nc1n[nH]c(-c2ccc3c(c2)CN(C(=O)c2cc(C(C)C)c(O)cc2O)C3)c1C(C)C)N1CCC(C)(N)CC1. The van der Waals surface area contributed by atoms with Gasteiger partial charge in [0.2, 0.25) is 0 Å². The number of nitrogens with two attached hydrogens (primary N) is 1. The van der Waals surface area contributed by atoms with Gasteiger partial charge in [-0.3, -0.25) is 9.89 Å². The van der Waals surface area contributed by atoms with E-state index in [1.54, 1.807) is 17.0 Å². The number of aromatic amines is 1. The largest absolute Gasteiger partial charge is 0.508 e. The molecule has 2 aliphatic rings. The first-order valence-corrected chi connectivity index (χ1v) is 14.7. The van der Waals surface area contributed by atoms with E-state index < -0.39 is 0 Å². The zero-order valence-corrected chi connectivity index (χ0v) is 25.2. The monoisotopic (exact) mass is 570 g/mol. The lowest BCUT2D eigenvalue weighted by molar-refractivity contribution is 0.0748. The Bertz CT molecular complexity index is 1540. The molecule has 2 aliphatic heterocycles. The number of amidine groups is 1. The summed E-state index contributed by atoms with van der Waals surface area (Å²) in [5.74, 6) is 1.13.